The third kappa shape index (κ3) is 3.03. The molecule has 0 radical (unpaired) electrons. The summed E-state index contributed by atoms with van der Waals surface area (Å²) in [5, 5.41) is 4.37. The molecule has 0 saturated heterocycles. The molecule has 22 heavy (non-hydrogen) atoms. The van der Waals surface area contributed by atoms with Crippen LogP contribution in [-0.4, -0.2) is 23.2 Å². The molecule has 2 aromatic rings. The van der Waals surface area contributed by atoms with Crippen LogP contribution in [-0.2, 0) is 23.0 Å². The first-order chi connectivity index (χ1) is 10.4. The van der Waals surface area contributed by atoms with Gasteiger partial charge < -0.3 is 0 Å². The summed E-state index contributed by atoms with van der Waals surface area (Å²) >= 11 is 12.8. The van der Waals surface area contributed by atoms with Crippen LogP contribution in [0.5, 0.6) is 0 Å². The van der Waals surface area contributed by atoms with Crippen molar-refractivity contribution in [3.05, 3.63) is 26.4 Å². The molecule has 6 nitrogen and oxygen atoms in total. The number of nitrogens with zero attached hydrogens (tertiary/aromatic N) is 3. The van der Waals surface area contributed by atoms with E-state index in [1.54, 1.807) is 4.68 Å². The third-order valence-electron chi connectivity index (χ3n) is 3.45. The van der Waals surface area contributed by atoms with E-state index in [1.165, 1.54) is 6.07 Å². The molecule has 0 aliphatic carbocycles. The van der Waals surface area contributed by atoms with Gasteiger partial charge in [0.1, 0.15) is 15.1 Å². The molecule has 0 bridgehead atoms. The average Bonchev–Trinajstić information content (AvgIpc) is 3.02. The molecule has 3 rings (SSSR count). The van der Waals surface area contributed by atoms with E-state index in [-0.39, 0.29) is 9.23 Å². The lowest BCUT2D eigenvalue weighted by atomic mass is 10.1. The first-order valence-corrected chi connectivity index (χ1v) is 9.87. The first kappa shape index (κ1) is 16.2. The van der Waals surface area contributed by atoms with Crippen molar-refractivity contribution >= 4 is 44.6 Å². The number of fused-ring (bicyclic) bond motifs is 1. The summed E-state index contributed by atoms with van der Waals surface area (Å²) in [6.07, 6.45) is 2.23. The molecule has 1 atom stereocenters. The smallest absolute Gasteiger partial charge is 0.243 e. The SMILES string of the molecule is CCc1nc2n(n1)CCC[C@H]2NS(=O)(=O)c1cc(Cl)sc1Cl. The maximum Gasteiger partial charge on any atom is 0.243 e. The van der Waals surface area contributed by atoms with Gasteiger partial charge in [-0.2, -0.15) is 5.10 Å². The van der Waals surface area contributed by atoms with Crippen LogP contribution < -0.4 is 4.72 Å². The Morgan fingerprint density at radius 2 is 2.27 bits per heavy atom. The van der Waals surface area contributed by atoms with Gasteiger partial charge in [0, 0.05) is 13.0 Å². The minimum absolute atomic E-state index is 0.0107. The summed E-state index contributed by atoms with van der Waals surface area (Å²) < 4.78 is 30.0. The minimum Gasteiger partial charge on any atom is -0.248 e. The highest BCUT2D eigenvalue weighted by molar-refractivity contribution is 7.89. The summed E-state index contributed by atoms with van der Waals surface area (Å²) in [7, 11) is -3.75. The first-order valence-electron chi connectivity index (χ1n) is 6.81. The van der Waals surface area contributed by atoms with Crippen molar-refractivity contribution < 1.29 is 8.42 Å². The van der Waals surface area contributed by atoms with Gasteiger partial charge in [0.15, 0.2) is 5.82 Å². The molecule has 1 aliphatic rings. The van der Waals surface area contributed by atoms with Gasteiger partial charge in [-0.25, -0.2) is 22.8 Å². The van der Waals surface area contributed by atoms with Crippen LogP contribution >= 0.6 is 34.5 Å². The van der Waals surface area contributed by atoms with Gasteiger partial charge in [0.2, 0.25) is 10.0 Å². The fourth-order valence-corrected chi connectivity index (χ4v) is 5.80. The van der Waals surface area contributed by atoms with Crippen LogP contribution in [0.2, 0.25) is 8.67 Å². The van der Waals surface area contributed by atoms with E-state index < -0.39 is 16.1 Å². The number of hydrogen-bond acceptors (Lipinski definition) is 5. The van der Waals surface area contributed by atoms with E-state index in [2.05, 4.69) is 14.8 Å². The van der Waals surface area contributed by atoms with Crippen molar-refractivity contribution in [2.24, 2.45) is 0 Å². The van der Waals surface area contributed by atoms with Crippen LogP contribution in [0.15, 0.2) is 11.0 Å². The zero-order valence-electron chi connectivity index (χ0n) is 11.7. The number of nitrogens with one attached hydrogen (secondary N) is 1. The summed E-state index contributed by atoms with van der Waals surface area (Å²) in [4.78, 5) is 4.44. The molecule has 3 heterocycles. The van der Waals surface area contributed by atoms with Crippen LogP contribution in [0.1, 0.15) is 37.5 Å². The zero-order chi connectivity index (χ0) is 15.9. The van der Waals surface area contributed by atoms with Crippen molar-refractivity contribution in [2.75, 3.05) is 0 Å². The molecule has 120 valence electrons. The lowest BCUT2D eigenvalue weighted by Crippen LogP contribution is -2.33. The number of halogens is 2. The topological polar surface area (TPSA) is 76.9 Å². The summed E-state index contributed by atoms with van der Waals surface area (Å²) in [6, 6.07) is 0.961. The van der Waals surface area contributed by atoms with Crippen LogP contribution in [0.4, 0.5) is 0 Å². The summed E-state index contributed by atoms with van der Waals surface area (Å²) in [6.45, 7) is 2.72. The van der Waals surface area contributed by atoms with Crippen LogP contribution in [0.3, 0.4) is 0 Å². The Balaban J connectivity index is 1.91. The second-order valence-corrected chi connectivity index (χ2v) is 8.94. The maximum atomic E-state index is 12.5. The third-order valence-corrected chi connectivity index (χ3v) is 6.67. The van der Waals surface area contributed by atoms with Crippen molar-refractivity contribution in [3.63, 3.8) is 0 Å². The van der Waals surface area contributed by atoms with Gasteiger partial charge in [-0.05, 0) is 18.9 Å². The Hall–Kier alpha value is -0.670. The number of thiophene rings is 1. The van der Waals surface area contributed by atoms with Gasteiger partial charge in [-0.15, -0.1) is 11.3 Å². The lowest BCUT2D eigenvalue weighted by Gasteiger charge is -2.22. The molecular weight excluding hydrogens is 367 g/mol. The standard InChI is InChI=1S/C12H14Cl2N4O2S2/c1-2-10-15-12-7(4-3-5-18(12)16-10)17-22(19,20)8-6-9(13)21-11(8)14/h6-7,17H,2-5H2,1H3/t7-/m1/s1. The van der Waals surface area contributed by atoms with E-state index in [0.717, 1.165) is 30.1 Å². The second kappa shape index (κ2) is 6.09. The Bertz CT molecular complexity index is 800. The summed E-state index contributed by atoms with van der Waals surface area (Å²) in [5.74, 6) is 1.38. The van der Waals surface area contributed by atoms with Crippen LogP contribution in [0, 0.1) is 0 Å². The van der Waals surface area contributed by atoms with E-state index in [1.807, 2.05) is 6.92 Å². The van der Waals surface area contributed by atoms with Gasteiger partial charge in [-0.1, -0.05) is 30.1 Å². The average molecular weight is 381 g/mol. The highest BCUT2D eigenvalue weighted by Crippen LogP contribution is 2.35. The molecule has 0 aromatic carbocycles. The Labute approximate surface area is 142 Å². The Kier molecular flexibility index (Phi) is 4.48. The van der Waals surface area contributed by atoms with Crippen molar-refractivity contribution in [1.29, 1.82) is 0 Å². The van der Waals surface area contributed by atoms with Gasteiger partial charge in [-0.3, -0.25) is 0 Å². The fraction of sp³-hybridized carbons (Fsp3) is 0.500. The van der Waals surface area contributed by atoms with Crippen LogP contribution in [0.25, 0.3) is 0 Å². The van der Waals surface area contributed by atoms with Crippen molar-refractivity contribution in [2.45, 2.75) is 43.7 Å². The van der Waals surface area contributed by atoms with Crippen molar-refractivity contribution in [1.82, 2.24) is 19.5 Å². The molecule has 0 amide bonds. The number of sulfonamides is 1. The summed E-state index contributed by atoms with van der Waals surface area (Å²) in [5.41, 5.74) is 0. The van der Waals surface area contributed by atoms with E-state index in [9.17, 15) is 8.42 Å². The predicted molar refractivity (Wildman–Crippen MR) is 86.0 cm³/mol. The van der Waals surface area contributed by atoms with Gasteiger partial charge in [0.05, 0.1) is 10.4 Å². The fourth-order valence-electron chi connectivity index (χ4n) is 2.42. The zero-order valence-corrected chi connectivity index (χ0v) is 14.9. The highest BCUT2D eigenvalue weighted by atomic mass is 35.5. The molecule has 0 spiro atoms. The van der Waals surface area contributed by atoms with Crippen molar-refractivity contribution in [3.8, 4) is 0 Å². The lowest BCUT2D eigenvalue weighted by molar-refractivity contribution is 0.399. The minimum atomic E-state index is -3.75. The highest BCUT2D eigenvalue weighted by Gasteiger charge is 2.30. The molecule has 10 heteroatoms. The molecule has 1 aliphatic heterocycles. The van der Waals surface area contributed by atoms with E-state index >= 15 is 0 Å². The van der Waals surface area contributed by atoms with Gasteiger partial charge >= 0.3 is 0 Å². The van der Waals surface area contributed by atoms with Gasteiger partial charge in [0.25, 0.3) is 0 Å². The normalized spacial score (nSPS) is 18.4. The molecule has 0 saturated carbocycles. The second-order valence-electron chi connectivity index (χ2n) is 4.97. The number of aromatic nitrogens is 3. The Morgan fingerprint density at radius 1 is 1.50 bits per heavy atom. The predicted octanol–water partition coefficient (Wildman–Crippen LogP) is 3.02. The molecule has 0 fully saturated rings. The van der Waals surface area contributed by atoms with E-state index in [0.29, 0.717) is 23.0 Å². The molecular formula is C12H14Cl2N4O2S2. The number of rotatable bonds is 4. The molecule has 1 N–H and O–H groups in total. The molecule has 0 unspecified atom stereocenters. The maximum absolute atomic E-state index is 12.5. The number of hydrogen-bond donors (Lipinski definition) is 1. The number of aryl methyl sites for hydroxylation is 2. The Morgan fingerprint density at radius 3 is 2.91 bits per heavy atom. The largest absolute Gasteiger partial charge is 0.248 e. The quantitative estimate of drug-likeness (QED) is 0.883. The monoisotopic (exact) mass is 380 g/mol. The molecule has 2 aromatic heterocycles. The van der Waals surface area contributed by atoms with E-state index in [4.69, 9.17) is 23.2 Å².